The Morgan fingerprint density at radius 3 is 1.23 bits per heavy atom. The largest absolute Gasteiger partial charge is 0.389 e. The standard InChI is InChI=1S/C27H57NO2/c1-4-5-6-7-8-9-10-11-12-13-14-15-16-17-18-19-20-21-22-23-24-30-26-27(29)25-28(2)3/h27,29H,4-26H2,1-3H3. The fourth-order valence-electron chi connectivity index (χ4n) is 4.15. The van der Waals surface area contributed by atoms with Crippen molar-refractivity contribution in [2.45, 2.75) is 141 Å². The Morgan fingerprint density at radius 1 is 0.567 bits per heavy atom. The Kier molecular flexibility index (Phi) is 25.0. The summed E-state index contributed by atoms with van der Waals surface area (Å²) < 4.78 is 5.56. The average Bonchev–Trinajstić information content (AvgIpc) is 2.71. The molecule has 0 aromatic rings. The SMILES string of the molecule is CCCCCCCCCCCCCCCCCCCCCCOCC(O)CN(C)C. The predicted molar refractivity (Wildman–Crippen MR) is 133 cm³/mol. The van der Waals surface area contributed by atoms with Crippen molar-refractivity contribution >= 4 is 0 Å². The molecule has 182 valence electrons. The van der Waals surface area contributed by atoms with Crippen LogP contribution in [0.2, 0.25) is 0 Å². The van der Waals surface area contributed by atoms with E-state index in [4.69, 9.17) is 4.74 Å². The molecular formula is C27H57NO2. The monoisotopic (exact) mass is 427 g/mol. The second-order valence-electron chi connectivity index (χ2n) is 9.71. The lowest BCUT2D eigenvalue weighted by molar-refractivity contribution is 0.0229. The Bertz CT molecular complexity index is 309. The van der Waals surface area contributed by atoms with Crippen molar-refractivity contribution < 1.29 is 9.84 Å². The van der Waals surface area contributed by atoms with Gasteiger partial charge in [-0.25, -0.2) is 0 Å². The Hall–Kier alpha value is -0.120. The Balaban J connectivity index is 3.05. The molecule has 0 saturated heterocycles. The summed E-state index contributed by atoms with van der Waals surface area (Å²) in [5.74, 6) is 0. The summed E-state index contributed by atoms with van der Waals surface area (Å²) >= 11 is 0. The van der Waals surface area contributed by atoms with Crippen molar-refractivity contribution in [1.29, 1.82) is 0 Å². The predicted octanol–water partition coefficient (Wildman–Crippen LogP) is 7.75. The normalized spacial score (nSPS) is 12.7. The fraction of sp³-hybridized carbons (Fsp3) is 1.00. The highest BCUT2D eigenvalue weighted by molar-refractivity contribution is 4.57. The first-order valence-corrected chi connectivity index (χ1v) is 13.6. The molecule has 0 radical (unpaired) electrons. The summed E-state index contributed by atoms with van der Waals surface area (Å²) in [7, 11) is 3.95. The van der Waals surface area contributed by atoms with Crippen LogP contribution in [0.3, 0.4) is 0 Å². The zero-order chi connectivity index (χ0) is 22.1. The van der Waals surface area contributed by atoms with Gasteiger partial charge >= 0.3 is 0 Å². The highest BCUT2D eigenvalue weighted by Gasteiger charge is 2.04. The van der Waals surface area contributed by atoms with Crippen LogP contribution in [0.4, 0.5) is 0 Å². The van der Waals surface area contributed by atoms with E-state index >= 15 is 0 Å². The van der Waals surface area contributed by atoms with Gasteiger partial charge in [0.25, 0.3) is 0 Å². The van der Waals surface area contributed by atoms with Crippen LogP contribution in [0.1, 0.15) is 135 Å². The van der Waals surface area contributed by atoms with E-state index in [0.717, 1.165) is 13.0 Å². The third kappa shape index (κ3) is 25.9. The maximum Gasteiger partial charge on any atom is 0.0899 e. The fourth-order valence-corrected chi connectivity index (χ4v) is 4.15. The highest BCUT2D eigenvalue weighted by atomic mass is 16.5. The summed E-state index contributed by atoms with van der Waals surface area (Å²) in [6.45, 7) is 4.24. The molecule has 3 nitrogen and oxygen atoms in total. The second-order valence-corrected chi connectivity index (χ2v) is 9.71. The third-order valence-corrected chi connectivity index (χ3v) is 6.03. The van der Waals surface area contributed by atoms with Crippen LogP contribution in [-0.4, -0.2) is 50.0 Å². The molecule has 0 aromatic carbocycles. The third-order valence-electron chi connectivity index (χ3n) is 6.03. The molecule has 0 amide bonds. The van der Waals surface area contributed by atoms with E-state index in [9.17, 15) is 5.11 Å². The molecule has 1 unspecified atom stereocenters. The van der Waals surface area contributed by atoms with Gasteiger partial charge in [0.1, 0.15) is 0 Å². The van der Waals surface area contributed by atoms with Crippen LogP contribution in [0.15, 0.2) is 0 Å². The number of ether oxygens (including phenoxy) is 1. The smallest absolute Gasteiger partial charge is 0.0899 e. The molecule has 0 rings (SSSR count). The van der Waals surface area contributed by atoms with Crippen LogP contribution in [0, 0.1) is 0 Å². The maximum absolute atomic E-state index is 9.72. The highest BCUT2D eigenvalue weighted by Crippen LogP contribution is 2.14. The van der Waals surface area contributed by atoms with Gasteiger partial charge < -0.3 is 14.7 Å². The molecule has 0 spiro atoms. The molecule has 0 saturated carbocycles. The number of hydrogen-bond acceptors (Lipinski definition) is 3. The van der Waals surface area contributed by atoms with Crippen molar-refractivity contribution in [2.75, 3.05) is 33.9 Å². The number of aliphatic hydroxyl groups excluding tert-OH is 1. The maximum atomic E-state index is 9.72. The molecule has 0 aliphatic rings. The molecule has 0 heterocycles. The molecule has 0 fully saturated rings. The Morgan fingerprint density at radius 2 is 0.900 bits per heavy atom. The number of nitrogens with zero attached hydrogens (tertiary/aromatic N) is 1. The first kappa shape index (κ1) is 29.9. The second kappa shape index (κ2) is 25.1. The van der Waals surface area contributed by atoms with Gasteiger partial charge in [0.2, 0.25) is 0 Å². The molecule has 0 aromatic heterocycles. The molecule has 3 heteroatoms. The minimum atomic E-state index is -0.356. The molecular weight excluding hydrogens is 370 g/mol. The lowest BCUT2D eigenvalue weighted by Gasteiger charge is -2.15. The summed E-state index contributed by atoms with van der Waals surface area (Å²) in [5, 5.41) is 9.72. The summed E-state index contributed by atoms with van der Waals surface area (Å²) in [6.07, 6.45) is 27.9. The first-order chi connectivity index (χ1) is 14.7. The van der Waals surface area contributed by atoms with Gasteiger partial charge in [-0.3, -0.25) is 0 Å². The topological polar surface area (TPSA) is 32.7 Å². The first-order valence-electron chi connectivity index (χ1n) is 13.6. The number of likely N-dealkylation sites (N-methyl/N-ethyl adjacent to an activating group) is 1. The van der Waals surface area contributed by atoms with Crippen molar-refractivity contribution in [2.24, 2.45) is 0 Å². The average molecular weight is 428 g/mol. The van der Waals surface area contributed by atoms with Crippen molar-refractivity contribution in [1.82, 2.24) is 4.90 Å². The van der Waals surface area contributed by atoms with Gasteiger partial charge in [0, 0.05) is 13.2 Å². The van der Waals surface area contributed by atoms with Gasteiger partial charge in [0.05, 0.1) is 12.7 Å². The van der Waals surface area contributed by atoms with Gasteiger partial charge in [-0.15, -0.1) is 0 Å². The van der Waals surface area contributed by atoms with Crippen LogP contribution in [-0.2, 0) is 4.74 Å². The van der Waals surface area contributed by atoms with Crippen LogP contribution in [0.5, 0.6) is 0 Å². The van der Waals surface area contributed by atoms with Crippen LogP contribution < -0.4 is 0 Å². The van der Waals surface area contributed by atoms with E-state index in [2.05, 4.69) is 6.92 Å². The summed E-state index contributed by atoms with van der Waals surface area (Å²) in [5.41, 5.74) is 0. The van der Waals surface area contributed by atoms with Crippen molar-refractivity contribution in [3.05, 3.63) is 0 Å². The van der Waals surface area contributed by atoms with E-state index in [0.29, 0.717) is 13.2 Å². The summed E-state index contributed by atoms with van der Waals surface area (Å²) in [6, 6.07) is 0. The minimum absolute atomic E-state index is 0.356. The molecule has 30 heavy (non-hydrogen) atoms. The lowest BCUT2D eigenvalue weighted by atomic mass is 10.0. The van der Waals surface area contributed by atoms with Gasteiger partial charge in [-0.05, 0) is 20.5 Å². The molecule has 1 N–H and O–H groups in total. The van der Waals surface area contributed by atoms with E-state index in [1.165, 1.54) is 122 Å². The van der Waals surface area contributed by atoms with Gasteiger partial charge in [-0.1, -0.05) is 129 Å². The van der Waals surface area contributed by atoms with E-state index in [1.807, 2.05) is 19.0 Å². The molecule has 0 bridgehead atoms. The number of hydrogen-bond donors (Lipinski definition) is 1. The van der Waals surface area contributed by atoms with Crippen molar-refractivity contribution in [3.8, 4) is 0 Å². The minimum Gasteiger partial charge on any atom is -0.389 e. The lowest BCUT2D eigenvalue weighted by Crippen LogP contribution is -2.29. The van der Waals surface area contributed by atoms with Gasteiger partial charge in [-0.2, -0.15) is 0 Å². The van der Waals surface area contributed by atoms with Crippen LogP contribution >= 0.6 is 0 Å². The number of rotatable bonds is 25. The van der Waals surface area contributed by atoms with E-state index < -0.39 is 0 Å². The quantitative estimate of drug-likeness (QED) is 0.151. The van der Waals surface area contributed by atoms with Gasteiger partial charge in [0.15, 0.2) is 0 Å². The number of aliphatic hydroxyl groups is 1. The number of unbranched alkanes of at least 4 members (excludes halogenated alkanes) is 19. The summed E-state index contributed by atoms with van der Waals surface area (Å²) in [4.78, 5) is 1.99. The van der Waals surface area contributed by atoms with Crippen molar-refractivity contribution in [3.63, 3.8) is 0 Å². The molecule has 0 aliphatic carbocycles. The van der Waals surface area contributed by atoms with E-state index in [1.54, 1.807) is 0 Å². The Labute approximate surface area is 190 Å². The zero-order valence-electron chi connectivity index (χ0n) is 21.1. The van der Waals surface area contributed by atoms with Crippen LogP contribution in [0.25, 0.3) is 0 Å². The zero-order valence-corrected chi connectivity index (χ0v) is 21.1. The van der Waals surface area contributed by atoms with E-state index in [-0.39, 0.29) is 6.10 Å². The molecule has 1 atom stereocenters. The molecule has 0 aliphatic heterocycles.